The second kappa shape index (κ2) is 11.0. The maximum absolute atomic E-state index is 12.4. The van der Waals surface area contributed by atoms with E-state index in [0.29, 0.717) is 36.5 Å². The minimum Gasteiger partial charge on any atom is -0.481 e. The van der Waals surface area contributed by atoms with Gasteiger partial charge in [-0.1, -0.05) is 13.0 Å². The van der Waals surface area contributed by atoms with E-state index in [4.69, 9.17) is 4.74 Å². The molecule has 3 amide bonds. The van der Waals surface area contributed by atoms with Crippen LogP contribution in [0.3, 0.4) is 0 Å². The number of carbonyl (C=O) groups excluding carboxylic acids is 3. The van der Waals surface area contributed by atoms with Gasteiger partial charge in [-0.2, -0.15) is 0 Å². The van der Waals surface area contributed by atoms with E-state index in [0.717, 1.165) is 11.1 Å². The van der Waals surface area contributed by atoms with Crippen molar-refractivity contribution < 1.29 is 19.1 Å². The van der Waals surface area contributed by atoms with Gasteiger partial charge in [-0.3, -0.25) is 14.4 Å². The minimum atomic E-state index is -0.674. The third kappa shape index (κ3) is 7.24. The molecule has 0 saturated carbocycles. The van der Waals surface area contributed by atoms with E-state index in [1.807, 2.05) is 32.0 Å². The van der Waals surface area contributed by atoms with Crippen LogP contribution in [0.5, 0.6) is 5.75 Å². The smallest absolute Gasteiger partial charge is 0.265 e. The first-order chi connectivity index (χ1) is 14.3. The lowest BCUT2D eigenvalue weighted by Crippen LogP contribution is -2.34. The van der Waals surface area contributed by atoms with Crippen molar-refractivity contribution in [3.05, 3.63) is 59.2 Å². The van der Waals surface area contributed by atoms with Crippen LogP contribution in [0.4, 0.5) is 5.69 Å². The van der Waals surface area contributed by atoms with Crippen LogP contribution in [0, 0.1) is 13.8 Å². The Morgan fingerprint density at radius 1 is 0.933 bits per heavy atom. The van der Waals surface area contributed by atoms with Gasteiger partial charge in [0.1, 0.15) is 5.75 Å². The number of benzene rings is 2. The Labute approximate surface area is 177 Å². The topological polar surface area (TPSA) is 96.5 Å². The van der Waals surface area contributed by atoms with Crippen LogP contribution in [-0.4, -0.2) is 36.9 Å². The molecule has 0 radical (unpaired) electrons. The fraction of sp³-hybridized carbons (Fsp3) is 0.348. The van der Waals surface area contributed by atoms with Crippen molar-refractivity contribution in [3.63, 3.8) is 0 Å². The molecule has 0 aliphatic carbocycles. The summed E-state index contributed by atoms with van der Waals surface area (Å²) in [7, 11) is 0. The normalized spacial score (nSPS) is 11.3. The van der Waals surface area contributed by atoms with Gasteiger partial charge in [0.25, 0.3) is 11.8 Å². The summed E-state index contributed by atoms with van der Waals surface area (Å²) < 4.78 is 5.75. The molecule has 0 spiro atoms. The lowest BCUT2D eigenvalue weighted by molar-refractivity contribution is -0.122. The second-order valence-corrected chi connectivity index (χ2v) is 7.11. The molecule has 0 aliphatic heterocycles. The highest BCUT2D eigenvalue weighted by molar-refractivity contribution is 5.96. The largest absolute Gasteiger partial charge is 0.481 e. The summed E-state index contributed by atoms with van der Waals surface area (Å²) in [6, 6.07) is 12.4. The van der Waals surface area contributed by atoms with Gasteiger partial charge in [0.2, 0.25) is 5.91 Å². The summed E-state index contributed by atoms with van der Waals surface area (Å²) >= 11 is 0. The second-order valence-electron chi connectivity index (χ2n) is 7.11. The third-order valence-electron chi connectivity index (χ3n) is 4.35. The summed E-state index contributed by atoms with van der Waals surface area (Å²) in [5.74, 6) is 0.0700. The summed E-state index contributed by atoms with van der Waals surface area (Å²) in [4.78, 5) is 35.7. The van der Waals surface area contributed by atoms with Gasteiger partial charge in [-0.25, -0.2) is 0 Å². The predicted octanol–water partition coefficient (Wildman–Crippen LogP) is 2.97. The maximum Gasteiger partial charge on any atom is 0.265 e. The van der Waals surface area contributed by atoms with Gasteiger partial charge in [-0.05, 0) is 68.3 Å². The molecule has 160 valence electrons. The van der Waals surface area contributed by atoms with Crippen molar-refractivity contribution in [1.82, 2.24) is 10.6 Å². The van der Waals surface area contributed by atoms with Crippen LogP contribution in [-0.2, 0) is 9.59 Å². The molecule has 1 atom stereocenters. The first kappa shape index (κ1) is 22.9. The third-order valence-corrected chi connectivity index (χ3v) is 4.35. The fourth-order valence-electron chi connectivity index (χ4n) is 2.81. The zero-order valence-electron chi connectivity index (χ0n) is 17.9. The van der Waals surface area contributed by atoms with E-state index < -0.39 is 6.10 Å². The van der Waals surface area contributed by atoms with E-state index in [-0.39, 0.29) is 17.7 Å². The Kier molecular flexibility index (Phi) is 8.41. The molecule has 0 aliphatic rings. The fourth-order valence-corrected chi connectivity index (χ4v) is 2.81. The van der Waals surface area contributed by atoms with Gasteiger partial charge in [0.15, 0.2) is 6.10 Å². The Balaban J connectivity index is 1.84. The number of aryl methyl sites for hydroxylation is 2. The number of hydrogen-bond donors (Lipinski definition) is 3. The molecule has 0 heterocycles. The van der Waals surface area contributed by atoms with Gasteiger partial charge < -0.3 is 20.7 Å². The number of carbonyl (C=O) groups is 3. The van der Waals surface area contributed by atoms with Crippen molar-refractivity contribution in [2.24, 2.45) is 0 Å². The van der Waals surface area contributed by atoms with Crippen molar-refractivity contribution in [2.75, 3.05) is 18.4 Å². The van der Waals surface area contributed by atoms with E-state index in [1.165, 1.54) is 0 Å². The molecule has 0 fully saturated rings. The molecule has 7 nitrogen and oxygen atoms in total. The molecule has 2 rings (SSSR count). The van der Waals surface area contributed by atoms with E-state index in [2.05, 4.69) is 16.0 Å². The Morgan fingerprint density at radius 3 is 2.13 bits per heavy atom. The van der Waals surface area contributed by atoms with Crippen molar-refractivity contribution >= 4 is 23.4 Å². The number of anilines is 1. The SMILES string of the molecule is CCC(=O)NCCNC(=O)c1ccc(NC(=O)C(C)Oc2cc(C)cc(C)c2)cc1. The van der Waals surface area contributed by atoms with Crippen LogP contribution in [0.15, 0.2) is 42.5 Å². The highest BCUT2D eigenvalue weighted by Gasteiger charge is 2.15. The van der Waals surface area contributed by atoms with E-state index >= 15 is 0 Å². The van der Waals surface area contributed by atoms with Crippen LogP contribution in [0.1, 0.15) is 41.8 Å². The zero-order valence-corrected chi connectivity index (χ0v) is 17.9. The molecule has 2 aromatic carbocycles. The number of ether oxygens (including phenoxy) is 1. The highest BCUT2D eigenvalue weighted by atomic mass is 16.5. The number of amides is 3. The first-order valence-corrected chi connectivity index (χ1v) is 9.99. The monoisotopic (exact) mass is 411 g/mol. The standard InChI is InChI=1S/C23H29N3O4/c1-5-21(27)24-10-11-25-23(29)18-6-8-19(9-7-18)26-22(28)17(4)30-20-13-15(2)12-16(3)14-20/h6-9,12-14,17H,5,10-11H2,1-4H3,(H,24,27)(H,25,29)(H,26,28). The summed E-state index contributed by atoms with van der Waals surface area (Å²) in [5, 5.41) is 8.21. The molecular weight excluding hydrogens is 382 g/mol. The van der Waals surface area contributed by atoms with Gasteiger partial charge >= 0.3 is 0 Å². The quantitative estimate of drug-likeness (QED) is 0.553. The van der Waals surface area contributed by atoms with Gasteiger partial charge in [0.05, 0.1) is 0 Å². The lowest BCUT2D eigenvalue weighted by atomic mass is 10.1. The van der Waals surface area contributed by atoms with Crippen molar-refractivity contribution in [1.29, 1.82) is 0 Å². The van der Waals surface area contributed by atoms with Crippen LogP contribution >= 0.6 is 0 Å². The molecule has 3 N–H and O–H groups in total. The van der Waals surface area contributed by atoms with Crippen molar-refractivity contribution in [3.8, 4) is 5.75 Å². The number of rotatable bonds is 9. The maximum atomic E-state index is 12.4. The van der Waals surface area contributed by atoms with Gasteiger partial charge in [-0.15, -0.1) is 0 Å². The van der Waals surface area contributed by atoms with Crippen LogP contribution in [0.25, 0.3) is 0 Å². The Morgan fingerprint density at radius 2 is 1.53 bits per heavy atom. The van der Waals surface area contributed by atoms with Gasteiger partial charge in [0, 0.05) is 30.8 Å². The van der Waals surface area contributed by atoms with E-state index in [9.17, 15) is 14.4 Å². The average molecular weight is 412 g/mol. The molecule has 30 heavy (non-hydrogen) atoms. The molecule has 0 bridgehead atoms. The molecular formula is C23H29N3O4. The van der Waals surface area contributed by atoms with Crippen molar-refractivity contribution in [2.45, 2.75) is 40.2 Å². The Hall–Kier alpha value is -3.35. The summed E-state index contributed by atoms with van der Waals surface area (Å²) in [6.45, 7) is 8.13. The number of hydrogen-bond acceptors (Lipinski definition) is 4. The highest BCUT2D eigenvalue weighted by Crippen LogP contribution is 2.18. The molecule has 0 aromatic heterocycles. The Bertz CT molecular complexity index is 874. The zero-order chi connectivity index (χ0) is 22.1. The lowest BCUT2D eigenvalue weighted by Gasteiger charge is -2.16. The molecule has 1 unspecified atom stereocenters. The molecule has 7 heteroatoms. The average Bonchev–Trinajstić information content (AvgIpc) is 2.70. The van der Waals surface area contributed by atoms with Crippen LogP contribution in [0.2, 0.25) is 0 Å². The minimum absolute atomic E-state index is 0.0555. The first-order valence-electron chi connectivity index (χ1n) is 9.99. The summed E-state index contributed by atoms with van der Waals surface area (Å²) in [6.07, 6.45) is -0.261. The number of nitrogens with one attached hydrogen (secondary N) is 3. The molecule has 0 saturated heterocycles. The van der Waals surface area contributed by atoms with Crippen LogP contribution < -0.4 is 20.7 Å². The predicted molar refractivity (Wildman–Crippen MR) is 117 cm³/mol. The molecule has 2 aromatic rings. The van der Waals surface area contributed by atoms with E-state index in [1.54, 1.807) is 38.1 Å². The summed E-state index contributed by atoms with van der Waals surface area (Å²) in [5.41, 5.74) is 3.18.